The predicted molar refractivity (Wildman–Crippen MR) is 109 cm³/mol. The standard InChI is InChI=1S/C22H26N4O2/c1-13-5-6-18-19(22(27)24-17-7-15(8-17)12-28-4)9-20(25-21(18)14(13)2)16-10-23-26(3)11-16/h5-6,9-11,15,17H,7-8,12H2,1-4H3,(H,24,27). The second kappa shape index (κ2) is 7.36. The lowest BCUT2D eigenvalue weighted by molar-refractivity contribution is 0.0738. The van der Waals surface area contributed by atoms with Crippen LogP contribution in [0.25, 0.3) is 22.2 Å². The summed E-state index contributed by atoms with van der Waals surface area (Å²) in [6, 6.07) is 6.15. The van der Waals surface area contributed by atoms with Crippen LogP contribution >= 0.6 is 0 Å². The van der Waals surface area contributed by atoms with Gasteiger partial charge in [0.25, 0.3) is 5.91 Å². The summed E-state index contributed by atoms with van der Waals surface area (Å²) < 4.78 is 6.95. The van der Waals surface area contributed by atoms with E-state index in [-0.39, 0.29) is 11.9 Å². The van der Waals surface area contributed by atoms with Crippen molar-refractivity contribution in [1.29, 1.82) is 0 Å². The van der Waals surface area contributed by atoms with Gasteiger partial charge < -0.3 is 10.1 Å². The van der Waals surface area contributed by atoms with Crippen molar-refractivity contribution < 1.29 is 9.53 Å². The first-order chi connectivity index (χ1) is 13.5. The smallest absolute Gasteiger partial charge is 0.252 e. The third-order valence-corrected chi connectivity index (χ3v) is 5.72. The fraction of sp³-hybridized carbons (Fsp3) is 0.409. The summed E-state index contributed by atoms with van der Waals surface area (Å²) in [7, 11) is 3.60. The van der Waals surface area contributed by atoms with E-state index in [1.54, 1.807) is 18.0 Å². The fourth-order valence-electron chi connectivity index (χ4n) is 3.91. The number of benzene rings is 1. The highest BCUT2D eigenvalue weighted by Crippen LogP contribution is 2.30. The molecule has 2 heterocycles. The molecule has 2 aromatic heterocycles. The van der Waals surface area contributed by atoms with Gasteiger partial charge in [-0.1, -0.05) is 12.1 Å². The van der Waals surface area contributed by atoms with Gasteiger partial charge in [0.15, 0.2) is 0 Å². The first-order valence-electron chi connectivity index (χ1n) is 9.66. The SMILES string of the molecule is COCC1CC(NC(=O)c2cc(-c3cnn(C)c3)nc3c(C)c(C)ccc23)C1. The highest BCUT2D eigenvalue weighted by molar-refractivity contribution is 6.08. The summed E-state index contributed by atoms with van der Waals surface area (Å²) in [5.41, 5.74) is 5.48. The van der Waals surface area contributed by atoms with Crippen molar-refractivity contribution in [2.75, 3.05) is 13.7 Å². The Labute approximate surface area is 164 Å². The lowest BCUT2D eigenvalue weighted by atomic mass is 9.80. The van der Waals surface area contributed by atoms with Gasteiger partial charge in [0, 0.05) is 44.0 Å². The van der Waals surface area contributed by atoms with Gasteiger partial charge >= 0.3 is 0 Å². The molecular formula is C22H26N4O2. The molecule has 3 aromatic rings. The number of fused-ring (bicyclic) bond motifs is 1. The van der Waals surface area contributed by atoms with E-state index < -0.39 is 0 Å². The number of nitrogens with zero attached hydrogens (tertiary/aromatic N) is 3. The number of aryl methyl sites for hydroxylation is 3. The third kappa shape index (κ3) is 3.40. The van der Waals surface area contributed by atoms with Crippen molar-refractivity contribution in [3.63, 3.8) is 0 Å². The molecule has 0 unspecified atom stereocenters. The number of aromatic nitrogens is 3. The molecule has 6 heteroatoms. The van der Waals surface area contributed by atoms with Crippen LogP contribution in [0.3, 0.4) is 0 Å². The van der Waals surface area contributed by atoms with E-state index >= 15 is 0 Å². The largest absolute Gasteiger partial charge is 0.384 e. The molecule has 28 heavy (non-hydrogen) atoms. The maximum Gasteiger partial charge on any atom is 0.252 e. The first kappa shape index (κ1) is 18.6. The Morgan fingerprint density at radius 3 is 2.79 bits per heavy atom. The van der Waals surface area contributed by atoms with Crippen molar-refractivity contribution in [2.45, 2.75) is 32.7 Å². The van der Waals surface area contributed by atoms with Crippen LogP contribution in [0.4, 0.5) is 0 Å². The van der Waals surface area contributed by atoms with Crippen LogP contribution in [0.1, 0.15) is 34.3 Å². The van der Waals surface area contributed by atoms with Gasteiger partial charge in [-0.2, -0.15) is 5.10 Å². The van der Waals surface area contributed by atoms with Crippen molar-refractivity contribution in [1.82, 2.24) is 20.1 Å². The van der Waals surface area contributed by atoms with E-state index in [1.807, 2.05) is 25.4 Å². The molecular weight excluding hydrogens is 352 g/mol. The molecule has 1 N–H and O–H groups in total. The minimum absolute atomic E-state index is 0.0401. The molecule has 1 aromatic carbocycles. The number of nitrogens with one attached hydrogen (secondary N) is 1. The minimum Gasteiger partial charge on any atom is -0.384 e. The van der Waals surface area contributed by atoms with Crippen molar-refractivity contribution in [3.8, 4) is 11.3 Å². The van der Waals surface area contributed by atoms with E-state index in [4.69, 9.17) is 9.72 Å². The second-order valence-corrected chi connectivity index (χ2v) is 7.82. The Kier molecular flexibility index (Phi) is 4.89. The van der Waals surface area contributed by atoms with Crippen LogP contribution in [0.5, 0.6) is 0 Å². The molecule has 1 amide bonds. The summed E-state index contributed by atoms with van der Waals surface area (Å²) in [6.45, 7) is 4.88. The van der Waals surface area contributed by atoms with Crippen molar-refractivity contribution in [3.05, 3.63) is 47.3 Å². The Morgan fingerprint density at radius 2 is 2.11 bits per heavy atom. The van der Waals surface area contributed by atoms with Crippen LogP contribution in [-0.2, 0) is 11.8 Å². The molecule has 4 rings (SSSR count). The highest BCUT2D eigenvalue weighted by Gasteiger charge is 2.30. The van der Waals surface area contributed by atoms with Crippen molar-refractivity contribution in [2.24, 2.45) is 13.0 Å². The normalized spacial score (nSPS) is 18.9. The Balaban J connectivity index is 1.72. The Morgan fingerprint density at radius 1 is 1.32 bits per heavy atom. The first-order valence-corrected chi connectivity index (χ1v) is 9.66. The minimum atomic E-state index is -0.0401. The number of hydrogen-bond acceptors (Lipinski definition) is 4. The van der Waals surface area contributed by atoms with Gasteiger partial charge in [0.05, 0.1) is 23.0 Å². The van der Waals surface area contributed by atoms with Crippen LogP contribution < -0.4 is 5.32 Å². The van der Waals surface area contributed by atoms with Crippen LogP contribution in [0, 0.1) is 19.8 Å². The predicted octanol–water partition coefficient (Wildman–Crippen LogP) is 3.41. The average Bonchev–Trinajstić information content (AvgIpc) is 3.08. The average molecular weight is 378 g/mol. The van der Waals surface area contributed by atoms with Crippen LogP contribution in [0.15, 0.2) is 30.6 Å². The van der Waals surface area contributed by atoms with Gasteiger partial charge in [-0.05, 0) is 49.8 Å². The fourth-order valence-corrected chi connectivity index (χ4v) is 3.91. The van der Waals surface area contributed by atoms with Crippen LogP contribution in [0.2, 0.25) is 0 Å². The van der Waals surface area contributed by atoms with Crippen molar-refractivity contribution >= 4 is 16.8 Å². The maximum atomic E-state index is 13.1. The number of hydrogen-bond donors (Lipinski definition) is 1. The molecule has 0 atom stereocenters. The molecule has 0 bridgehead atoms. The van der Waals surface area contributed by atoms with Gasteiger partial charge in [0.1, 0.15) is 0 Å². The molecule has 146 valence electrons. The number of rotatable bonds is 5. The molecule has 1 aliphatic rings. The molecule has 6 nitrogen and oxygen atoms in total. The number of amides is 1. The summed E-state index contributed by atoms with van der Waals surface area (Å²) in [4.78, 5) is 18.0. The number of pyridine rings is 1. The molecule has 1 fully saturated rings. The number of carbonyl (C=O) groups is 1. The van der Waals surface area contributed by atoms with E-state index in [0.717, 1.165) is 52.7 Å². The number of methoxy groups -OCH3 is 1. The van der Waals surface area contributed by atoms with E-state index in [1.165, 1.54) is 0 Å². The summed E-state index contributed by atoms with van der Waals surface area (Å²) in [5.74, 6) is 0.502. The summed E-state index contributed by atoms with van der Waals surface area (Å²) >= 11 is 0. The zero-order chi connectivity index (χ0) is 19.8. The van der Waals surface area contributed by atoms with E-state index in [2.05, 4.69) is 30.3 Å². The second-order valence-electron chi connectivity index (χ2n) is 7.82. The zero-order valence-electron chi connectivity index (χ0n) is 16.8. The number of ether oxygens (including phenoxy) is 1. The molecule has 0 radical (unpaired) electrons. The Hall–Kier alpha value is -2.73. The highest BCUT2D eigenvalue weighted by atomic mass is 16.5. The zero-order valence-corrected chi connectivity index (χ0v) is 16.8. The van der Waals surface area contributed by atoms with Gasteiger partial charge in [0.2, 0.25) is 0 Å². The van der Waals surface area contributed by atoms with Gasteiger partial charge in [-0.25, -0.2) is 4.98 Å². The van der Waals surface area contributed by atoms with E-state index in [0.29, 0.717) is 11.5 Å². The quantitative estimate of drug-likeness (QED) is 0.739. The van der Waals surface area contributed by atoms with E-state index in [9.17, 15) is 4.79 Å². The van der Waals surface area contributed by atoms with Gasteiger partial charge in [-0.3, -0.25) is 9.48 Å². The topological polar surface area (TPSA) is 69.0 Å². The molecule has 0 saturated heterocycles. The Bertz CT molecular complexity index is 1030. The summed E-state index contributed by atoms with van der Waals surface area (Å²) in [5, 5.41) is 8.33. The molecule has 0 aliphatic heterocycles. The van der Waals surface area contributed by atoms with Gasteiger partial charge in [-0.15, -0.1) is 0 Å². The number of carbonyl (C=O) groups excluding carboxylic acids is 1. The third-order valence-electron chi connectivity index (χ3n) is 5.72. The maximum absolute atomic E-state index is 13.1. The summed E-state index contributed by atoms with van der Waals surface area (Å²) in [6.07, 6.45) is 5.64. The molecule has 0 spiro atoms. The lowest BCUT2D eigenvalue weighted by Crippen LogP contribution is -2.45. The monoisotopic (exact) mass is 378 g/mol. The molecule has 1 saturated carbocycles. The van der Waals surface area contributed by atoms with Crippen LogP contribution in [-0.4, -0.2) is 40.4 Å². The lowest BCUT2D eigenvalue weighted by Gasteiger charge is -2.35. The molecule has 1 aliphatic carbocycles.